The van der Waals surface area contributed by atoms with E-state index in [-0.39, 0.29) is 9.52 Å². The lowest BCUT2D eigenvalue weighted by atomic mass is 10.4. The predicted molar refractivity (Wildman–Crippen MR) is 69.0 cm³/mol. The van der Waals surface area contributed by atoms with E-state index in [1.165, 1.54) is 25.9 Å². The molecule has 0 rings (SSSR count). The van der Waals surface area contributed by atoms with Crippen molar-refractivity contribution in [3.63, 3.8) is 0 Å². The third-order valence-corrected chi connectivity index (χ3v) is 11.1. The maximum absolute atomic E-state index is 2.81. The molecule has 2 unspecified atom stereocenters. The summed E-state index contributed by atoms with van der Waals surface area (Å²) in [7, 11) is -0.317. The molecule has 0 fully saturated rings. The lowest BCUT2D eigenvalue weighted by Gasteiger charge is -2.31. The SMILES string of the molecule is CCCN(CCC)[SiH](C)C(C)[SiH2]C. The second kappa shape index (κ2) is 7.77. The van der Waals surface area contributed by atoms with Crippen molar-refractivity contribution >= 4 is 18.5 Å². The van der Waals surface area contributed by atoms with Gasteiger partial charge in [-0.3, -0.25) is 0 Å². The Morgan fingerprint density at radius 3 is 2.00 bits per heavy atom. The Labute approximate surface area is 88.4 Å². The van der Waals surface area contributed by atoms with Gasteiger partial charge < -0.3 is 4.57 Å². The summed E-state index contributed by atoms with van der Waals surface area (Å²) in [4.78, 5) is 0. The molecule has 0 aliphatic carbocycles. The van der Waals surface area contributed by atoms with Crippen molar-refractivity contribution in [1.82, 2.24) is 4.57 Å². The molecule has 0 saturated carbocycles. The molecule has 0 aliphatic rings. The van der Waals surface area contributed by atoms with Gasteiger partial charge in [0.15, 0.2) is 0 Å². The first kappa shape index (κ1) is 13.4. The lowest BCUT2D eigenvalue weighted by molar-refractivity contribution is 0.428. The van der Waals surface area contributed by atoms with E-state index >= 15 is 0 Å². The Bertz CT molecular complexity index is 113. The van der Waals surface area contributed by atoms with Crippen LogP contribution in [0.2, 0.25) is 18.3 Å². The van der Waals surface area contributed by atoms with Gasteiger partial charge in [0.25, 0.3) is 0 Å². The third kappa shape index (κ3) is 4.98. The largest absolute Gasteiger partial charge is 0.326 e. The van der Waals surface area contributed by atoms with Crippen LogP contribution in [0.5, 0.6) is 0 Å². The molecule has 0 N–H and O–H groups in total. The molecule has 0 heterocycles. The standard InChI is InChI=1S/C10H27NSi2/c1-6-8-11(9-7-2)13(5)10(3)12-4/h10,13H,6-9,12H2,1-5H3. The first-order valence-electron chi connectivity index (χ1n) is 5.91. The number of hydrogen-bond donors (Lipinski definition) is 0. The zero-order valence-corrected chi connectivity index (χ0v) is 12.7. The van der Waals surface area contributed by atoms with E-state index in [1.54, 1.807) is 0 Å². The minimum Gasteiger partial charge on any atom is -0.326 e. The maximum Gasteiger partial charge on any atom is 0.108 e. The molecule has 80 valence electrons. The van der Waals surface area contributed by atoms with E-state index < -0.39 is 8.96 Å². The zero-order chi connectivity index (χ0) is 10.3. The van der Waals surface area contributed by atoms with Gasteiger partial charge in [-0.25, -0.2) is 0 Å². The molecule has 0 bridgehead atoms. The van der Waals surface area contributed by atoms with Crippen LogP contribution in [0, 0.1) is 0 Å². The zero-order valence-electron chi connectivity index (χ0n) is 10.1. The predicted octanol–water partition coefficient (Wildman–Crippen LogP) is 2.03. The highest BCUT2D eigenvalue weighted by Gasteiger charge is 2.18. The molecule has 1 nitrogen and oxygen atoms in total. The van der Waals surface area contributed by atoms with Gasteiger partial charge >= 0.3 is 0 Å². The lowest BCUT2D eigenvalue weighted by Crippen LogP contribution is -2.42. The summed E-state index contributed by atoms with van der Waals surface area (Å²) < 4.78 is 2.81. The van der Waals surface area contributed by atoms with Crippen LogP contribution in [0.15, 0.2) is 0 Å². The monoisotopic (exact) mass is 217 g/mol. The molecule has 0 amide bonds. The van der Waals surface area contributed by atoms with Crippen LogP contribution in [-0.2, 0) is 0 Å². The second-order valence-corrected chi connectivity index (χ2v) is 10.6. The van der Waals surface area contributed by atoms with E-state index in [9.17, 15) is 0 Å². The van der Waals surface area contributed by atoms with Crippen molar-refractivity contribution in [2.45, 2.75) is 51.9 Å². The molecular weight excluding hydrogens is 190 g/mol. The molecule has 2 atom stereocenters. The van der Waals surface area contributed by atoms with E-state index in [1.807, 2.05) is 0 Å². The minimum absolute atomic E-state index is 0.234. The Balaban J connectivity index is 4.00. The maximum atomic E-state index is 2.81. The van der Waals surface area contributed by atoms with Gasteiger partial charge in [-0.15, -0.1) is 0 Å². The van der Waals surface area contributed by atoms with Crippen LogP contribution in [0.4, 0.5) is 0 Å². The summed E-state index contributed by atoms with van der Waals surface area (Å²) in [6.07, 6.45) is 2.66. The Hall–Kier alpha value is 0.394. The first-order valence-corrected chi connectivity index (χ1v) is 10.5. The summed E-state index contributed by atoms with van der Waals surface area (Å²) >= 11 is 0. The fraction of sp³-hybridized carbons (Fsp3) is 1.00. The first-order chi connectivity index (χ1) is 6.17. The molecule has 0 aliphatic heterocycles. The average molecular weight is 218 g/mol. The van der Waals surface area contributed by atoms with Gasteiger partial charge in [-0.1, -0.05) is 33.9 Å². The Morgan fingerprint density at radius 2 is 1.69 bits per heavy atom. The highest BCUT2D eigenvalue weighted by Crippen LogP contribution is 2.12. The molecular formula is C10H27NSi2. The van der Waals surface area contributed by atoms with Gasteiger partial charge in [-0.2, -0.15) is 0 Å². The van der Waals surface area contributed by atoms with Crippen molar-refractivity contribution in [3.05, 3.63) is 0 Å². The van der Waals surface area contributed by atoms with Crippen LogP contribution in [-0.4, -0.2) is 36.1 Å². The summed E-state index contributed by atoms with van der Waals surface area (Å²) in [6, 6.07) is 0. The molecule has 13 heavy (non-hydrogen) atoms. The van der Waals surface area contributed by atoms with Gasteiger partial charge in [0.2, 0.25) is 0 Å². The average Bonchev–Trinajstić information content (AvgIpc) is 2.15. The molecule has 0 saturated heterocycles. The summed E-state index contributed by atoms with van der Waals surface area (Å²) in [6.45, 7) is 14.8. The highest BCUT2D eigenvalue weighted by molar-refractivity contribution is 6.68. The van der Waals surface area contributed by atoms with Crippen LogP contribution in [0.3, 0.4) is 0 Å². The molecule has 0 aromatic rings. The van der Waals surface area contributed by atoms with E-state index in [4.69, 9.17) is 0 Å². The van der Waals surface area contributed by atoms with Crippen LogP contribution >= 0.6 is 0 Å². The van der Waals surface area contributed by atoms with Crippen molar-refractivity contribution < 1.29 is 0 Å². The third-order valence-electron chi connectivity index (χ3n) is 3.07. The highest BCUT2D eigenvalue weighted by atomic mass is 28.3. The summed E-state index contributed by atoms with van der Waals surface area (Å²) in [5.41, 5.74) is 0. The van der Waals surface area contributed by atoms with Gasteiger partial charge in [0, 0.05) is 9.52 Å². The van der Waals surface area contributed by atoms with E-state index in [0.717, 1.165) is 5.16 Å². The molecule has 3 heteroatoms. The van der Waals surface area contributed by atoms with Crippen molar-refractivity contribution in [1.29, 1.82) is 0 Å². The number of rotatable bonds is 7. The summed E-state index contributed by atoms with van der Waals surface area (Å²) in [5.74, 6) is 0. The van der Waals surface area contributed by atoms with Crippen molar-refractivity contribution in [3.8, 4) is 0 Å². The van der Waals surface area contributed by atoms with E-state index in [2.05, 4.69) is 38.4 Å². The number of nitrogens with zero attached hydrogens (tertiary/aromatic N) is 1. The Morgan fingerprint density at radius 1 is 1.23 bits per heavy atom. The fourth-order valence-corrected chi connectivity index (χ4v) is 7.47. The minimum atomic E-state index is -0.551. The van der Waals surface area contributed by atoms with Crippen LogP contribution < -0.4 is 0 Å². The van der Waals surface area contributed by atoms with Crippen molar-refractivity contribution in [2.24, 2.45) is 0 Å². The normalized spacial score (nSPS) is 17.1. The smallest absolute Gasteiger partial charge is 0.108 e. The van der Waals surface area contributed by atoms with Gasteiger partial charge in [0.05, 0.1) is 0 Å². The van der Waals surface area contributed by atoms with E-state index in [0.29, 0.717) is 0 Å². The molecule has 0 spiro atoms. The second-order valence-electron chi connectivity index (χ2n) is 4.16. The topological polar surface area (TPSA) is 3.24 Å². The molecule has 0 aromatic carbocycles. The van der Waals surface area contributed by atoms with Gasteiger partial charge in [0.1, 0.15) is 8.96 Å². The summed E-state index contributed by atoms with van der Waals surface area (Å²) in [5, 5.41) is 1.11. The fourth-order valence-electron chi connectivity index (χ4n) is 1.79. The number of hydrogen-bond acceptors (Lipinski definition) is 1. The molecule has 0 aromatic heterocycles. The quantitative estimate of drug-likeness (QED) is 0.590. The molecule has 0 radical (unpaired) electrons. The van der Waals surface area contributed by atoms with Crippen molar-refractivity contribution in [2.75, 3.05) is 13.1 Å². The Kier molecular flexibility index (Phi) is 8.00. The van der Waals surface area contributed by atoms with Crippen LogP contribution in [0.25, 0.3) is 0 Å². The van der Waals surface area contributed by atoms with Crippen LogP contribution in [0.1, 0.15) is 33.6 Å². The van der Waals surface area contributed by atoms with Gasteiger partial charge in [-0.05, 0) is 31.1 Å².